The van der Waals surface area contributed by atoms with Crippen LogP contribution in [0.2, 0.25) is 0 Å². The molecule has 0 bridgehead atoms. The summed E-state index contributed by atoms with van der Waals surface area (Å²) in [4.78, 5) is 0. The van der Waals surface area contributed by atoms with E-state index in [4.69, 9.17) is 5.26 Å². The highest BCUT2D eigenvalue weighted by Gasteiger charge is 2.32. The van der Waals surface area contributed by atoms with Crippen molar-refractivity contribution in [1.82, 2.24) is 0 Å². The Morgan fingerprint density at radius 3 is 2.43 bits per heavy atom. The molecule has 0 amide bonds. The topological polar surface area (TPSA) is 23.8 Å². The van der Waals surface area contributed by atoms with Gasteiger partial charge in [-0.3, -0.25) is 0 Å². The van der Waals surface area contributed by atoms with Crippen molar-refractivity contribution in [3.8, 4) is 6.07 Å². The van der Waals surface area contributed by atoms with Crippen molar-refractivity contribution >= 4 is 0 Å². The molecular weight excluding hydrogens is 170 g/mol. The lowest BCUT2D eigenvalue weighted by Gasteiger charge is -2.33. The molecule has 1 aliphatic carbocycles. The Morgan fingerprint density at radius 1 is 1.50 bits per heavy atom. The molecule has 0 spiro atoms. The maximum Gasteiger partial charge on any atom is 0.0791 e. The summed E-state index contributed by atoms with van der Waals surface area (Å²) in [6.45, 7) is 12.6. The van der Waals surface area contributed by atoms with Gasteiger partial charge in [-0.15, -0.1) is 0 Å². The average molecular weight is 189 g/mol. The first kappa shape index (κ1) is 11.0. The van der Waals surface area contributed by atoms with Crippen LogP contribution in [0.4, 0.5) is 0 Å². The van der Waals surface area contributed by atoms with Gasteiger partial charge in [-0.2, -0.15) is 5.26 Å². The van der Waals surface area contributed by atoms with E-state index in [-0.39, 0.29) is 10.8 Å². The number of hydrogen-bond donors (Lipinski definition) is 0. The van der Waals surface area contributed by atoms with Gasteiger partial charge in [0.25, 0.3) is 0 Å². The summed E-state index contributed by atoms with van der Waals surface area (Å²) in [6.07, 6.45) is 4.05. The highest BCUT2D eigenvalue weighted by Crippen LogP contribution is 2.42. The molecule has 0 saturated heterocycles. The van der Waals surface area contributed by atoms with E-state index >= 15 is 0 Å². The zero-order valence-corrected chi connectivity index (χ0v) is 9.65. The standard InChI is InChI=1S/C13H19N/c1-10-8-11(12(2,3)4)6-7-13(10,5)9-14/h8H,1,6-7H2,2-5H3. The van der Waals surface area contributed by atoms with Crippen LogP contribution in [-0.2, 0) is 0 Å². The molecule has 14 heavy (non-hydrogen) atoms. The Bertz CT molecular complexity index is 322. The van der Waals surface area contributed by atoms with Gasteiger partial charge in [0, 0.05) is 0 Å². The lowest BCUT2D eigenvalue weighted by molar-refractivity contribution is 0.410. The SMILES string of the molecule is C=C1C=C(C(C)(C)C)CCC1(C)C#N. The number of allylic oxidation sites excluding steroid dienone is 3. The van der Waals surface area contributed by atoms with Gasteiger partial charge >= 0.3 is 0 Å². The molecule has 0 N–H and O–H groups in total. The minimum atomic E-state index is -0.339. The number of rotatable bonds is 0. The van der Waals surface area contributed by atoms with Gasteiger partial charge in [-0.05, 0) is 30.8 Å². The van der Waals surface area contributed by atoms with Gasteiger partial charge in [-0.1, -0.05) is 39.0 Å². The van der Waals surface area contributed by atoms with Crippen molar-refractivity contribution < 1.29 is 0 Å². The van der Waals surface area contributed by atoms with Crippen LogP contribution in [0, 0.1) is 22.2 Å². The molecule has 1 aliphatic rings. The van der Waals surface area contributed by atoms with E-state index in [0.717, 1.165) is 18.4 Å². The Balaban J connectivity index is 2.99. The molecule has 1 nitrogen and oxygen atoms in total. The van der Waals surface area contributed by atoms with Crippen LogP contribution in [-0.4, -0.2) is 0 Å². The van der Waals surface area contributed by atoms with Crippen molar-refractivity contribution in [2.24, 2.45) is 10.8 Å². The predicted molar refractivity (Wildman–Crippen MR) is 59.6 cm³/mol. The monoisotopic (exact) mass is 189 g/mol. The van der Waals surface area contributed by atoms with Crippen LogP contribution in [0.1, 0.15) is 40.5 Å². The molecule has 0 aromatic rings. The van der Waals surface area contributed by atoms with Crippen LogP contribution in [0.5, 0.6) is 0 Å². The van der Waals surface area contributed by atoms with Crippen molar-refractivity contribution in [3.05, 3.63) is 23.8 Å². The molecule has 0 aromatic heterocycles. The van der Waals surface area contributed by atoms with E-state index in [2.05, 4.69) is 39.5 Å². The lowest BCUT2D eigenvalue weighted by atomic mass is 9.69. The van der Waals surface area contributed by atoms with Gasteiger partial charge in [0.1, 0.15) is 0 Å². The van der Waals surface area contributed by atoms with Crippen molar-refractivity contribution in [2.45, 2.75) is 40.5 Å². The third-order valence-corrected chi connectivity index (χ3v) is 3.16. The minimum absolute atomic E-state index is 0.208. The quantitative estimate of drug-likeness (QED) is 0.568. The van der Waals surface area contributed by atoms with Crippen molar-refractivity contribution in [2.75, 3.05) is 0 Å². The first-order chi connectivity index (χ1) is 6.29. The molecule has 1 atom stereocenters. The number of nitrogens with zero attached hydrogens (tertiary/aromatic N) is 1. The lowest BCUT2D eigenvalue weighted by Crippen LogP contribution is -2.23. The van der Waals surface area contributed by atoms with Gasteiger partial charge in [-0.25, -0.2) is 0 Å². The highest BCUT2D eigenvalue weighted by molar-refractivity contribution is 5.37. The average Bonchev–Trinajstić information content (AvgIpc) is 2.08. The second-order valence-corrected chi connectivity index (χ2v) is 5.39. The summed E-state index contributed by atoms with van der Waals surface area (Å²) in [7, 11) is 0. The Hall–Kier alpha value is -1.03. The summed E-state index contributed by atoms with van der Waals surface area (Å²) in [5.74, 6) is 0. The first-order valence-corrected chi connectivity index (χ1v) is 5.11. The third kappa shape index (κ3) is 1.90. The highest BCUT2D eigenvalue weighted by atomic mass is 14.4. The fraction of sp³-hybridized carbons (Fsp3) is 0.615. The summed E-state index contributed by atoms with van der Waals surface area (Å²) in [5.41, 5.74) is 2.25. The van der Waals surface area contributed by atoms with E-state index in [0.29, 0.717) is 0 Å². The van der Waals surface area contributed by atoms with E-state index in [1.165, 1.54) is 5.57 Å². The van der Waals surface area contributed by atoms with Gasteiger partial charge < -0.3 is 0 Å². The molecule has 1 rings (SSSR count). The smallest absolute Gasteiger partial charge is 0.0791 e. The van der Waals surface area contributed by atoms with Crippen LogP contribution in [0.3, 0.4) is 0 Å². The Kier molecular flexibility index (Phi) is 2.58. The largest absolute Gasteiger partial charge is 0.197 e. The second kappa shape index (κ2) is 3.28. The summed E-state index contributed by atoms with van der Waals surface area (Å²) in [5, 5.41) is 9.07. The molecule has 0 fully saturated rings. The molecule has 1 unspecified atom stereocenters. The molecular formula is C13H19N. The van der Waals surface area contributed by atoms with E-state index in [1.807, 2.05) is 6.92 Å². The molecule has 76 valence electrons. The Morgan fingerprint density at radius 2 is 2.07 bits per heavy atom. The normalized spacial score (nSPS) is 28.2. The minimum Gasteiger partial charge on any atom is -0.197 e. The van der Waals surface area contributed by atoms with Crippen molar-refractivity contribution in [3.63, 3.8) is 0 Å². The summed E-state index contributed by atoms with van der Waals surface area (Å²) in [6, 6.07) is 2.36. The van der Waals surface area contributed by atoms with Gasteiger partial charge in [0.2, 0.25) is 0 Å². The van der Waals surface area contributed by atoms with Gasteiger partial charge in [0.15, 0.2) is 0 Å². The fourth-order valence-corrected chi connectivity index (χ4v) is 1.71. The molecule has 1 heteroatoms. The van der Waals surface area contributed by atoms with Crippen LogP contribution in [0.25, 0.3) is 0 Å². The van der Waals surface area contributed by atoms with Crippen LogP contribution >= 0.6 is 0 Å². The maximum absolute atomic E-state index is 9.07. The Labute approximate surface area is 87.1 Å². The predicted octanol–water partition coefficient (Wildman–Crippen LogP) is 3.84. The van der Waals surface area contributed by atoms with Crippen molar-refractivity contribution in [1.29, 1.82) is 5.26 Å². The van der Waals surface area contributed by atoms with E-state index < -0.39 is 0 Å². The van der Waals surface area contributed by atoms with Crippen LogP contribution in [0.15, 0.2) is 23.8 Å². The summed E-state index contributed by atoms with van der Waals surface area (Å²) < 4.78 is 0. The molecule has 0 aliphatic heterocycles. The molecule has 0 heterocycles. The van der Waals surface area contributed by atoms with Gasteiger partial charge in [0.05, 0.1) is 11.5 Å². The van der Waals surface area contributed by atoms with Crippen LogP contribution < -0.4 is 0 Å². The molecule has 0 saturated carbocycles. The van der Waals surface area contributed by atoms with E-state index in [9.17, 15) is 0 Å². The molecule has 0 radical (unpaired) electrons. The maximum atomic E-state index is 9.07. The van der Waals surface area contributed by atoms with E-state index in [1.54, 1.807) is 0 Å². The zero-order valence-electron chi connectivity index (χ0n) is 9.65. The fourth-order valence-electron chi connectivity index (χ4n) is 1.71. The number of nitriles is 1. The summed E-state index contributed by atoms with van der Waals surface area (Å²) >= 11 is 0. The zero-order chi connectivity index (χ0) is 11.0. The molecule has 0 aromatic carbocycles. The third-order valence-electron chi connectivity index (χ3n) is 3.16. The number of hydrogen-bond acceptors (Lipinski definition) is 1. The first-order valence-electron chi connectivity index (χ1n) is 5.11. The second-order valence-electron chi connectivity index (χ2n) is 5.39.